The zero-order chi connectivity index (χ0) is 22.2. The van der Waals surface area contributed by atoms with Crippen LogP contribution in [0.5, 0.6) is 0 Å². The first-order valence-electron chi connectivity index (χ1n) is 11.3. The summed E-state index contributed by atoms with van der Waals surface area (Å²) >= 11 is 0. The molecule has 6 heteroatoms. The Kier molecular flexibility index (Phi) is 17.3. The summed E-state index contributed by atoms with van der Waals surface area (Å²) in [4.78, 5) is 0. The van der Waals surface area contributed by atoms with Crippen molar-refractivity contribution >= 4 is 0 Å². The van der Waals surface area contributed by atoms with Crippen LogP contribution in [0.25, 0.3) is 0 Å². The van der Waals surface area contributed by atoms with Crippen LogP contribution >= 0.6 is 0 Å². The van der Waals surface area contributed by atoms with Crippen molar-refractivity contribution < 1.29 is 28.4 Å². The normalized spacial score (nSPS) is 17.5. The topological polar surface area (TPSA) is 55.4 Å². The fourth-order valence-electron chi connectivity index (χ4n) is 2.27. The number of ether oxygens (including phenoxy) is 6. The summed E-state index contributed by atoms with van der Waals surface area (Å²) in [5, 5.41) is 0. The van der Waals surface area contributed by atoms with Crippen molar-refractivity contribution in [3.05, 3.63) is 0 Å². The van der Waals surface area contributed by atoms with E-state index in [4.69, 9.17) is 28.4 Å². The van der Waals surface area contributed by atoms with Crippen LogP contribution < -0.4 is 0 Å². The maximum atomic E-state index is 5.83. The van der Waals surface area contributed by atoms with Crippen LogP contribution in [0.3, 0.4) is 0 Å². The molecule has 5 unspecified atom stereocenters. The summed E-state index contributed by atoms with van der Waals surface area (Å²) in [7, 11) is 0. The van der Waals surface area contributed by atoms with Crippen LogP contribution in [0.2, 0.25) is 0 Å². The maximum absolute atomic E-state index is 5.83. The lowest BCUT2D eigenvalue weighted by Crippen LogP contribution is -2.29. The van der Waals surface area contributed by atoms with Crippen molar-refractivity contribution in [2.45, 2.75) is 92.8 Å². The predicted molar refractivity (Wildman–Crippen MR) is 118 cm³/mol. The quantitative estimate of drug-likeness (QED) is 0.310. The third kappa shape index (κ3) is 19.5. The molecule has 0 amide bonds. The standard InChI is InChI=1S/C23H48O6/c1-17(2)10-24-12-19(5)26-14-21(7)28-16-23(9)29-15-22(8)27-13-20(6)25-11-18(3)4/h17-23H,10-16H2,1-9H3. The zero-order valence-electron chi connectivity index (χ0n) is 20.4. The molecular weight excluding hydrogens is 372 g/mol. The molecule has 0 fully saturated rings. The molecule has 6 nitrogen and oxygen atoms in total. The highest BCUT2D eigenvalue weighted by Gasteiger charge is 2.13. The summed E-state index contributed by atoms with van der Waals surface area (Å²) in [6, 6.07) is 0. The van der Waals surface area contributed by atoms with Crippen LogP contribution in [-0.2, 0) is 28.4 Å². The molecule has 29 heavy (non-hydrogen) atoms. The van der Waals surface area contributed by atoms with Crippen LogP contribution in [0.1, 0.15) is 62.3 Å². The average Bonchev–Trinajstić information content (AvgIpc) is 2.65. The molecule has 0 spiro atoms. The largest absolute Gasteiger partial charge is 0.379 e. The van der Waals surface area contributed by atoms with Crippen molar-refractivity contribution in [3.63, 3.8) is 0 Å². The minimum Gasteiger partial charge on any atom is -0.379 e. The molecule has 0 aliphatic heterocycles. The molecule has 176 valence electrons. The van der Waals surface area contributed by atoms with Gasteiger partial charge in [0.05, 0.1) is 63.6 Å². The van der Waals surface area contributed by atoms with E-state index in [1.54, 1.807) is 0 Å². The molecule has 0 aromatic carbocycles. The van der Waals surface area contributed by atoms with Crippen LogP contribution in [0.15, 0.2) is 0 Å². The van der Waals surface area contributed by atoms with E-state index in [0.717, 1.165) is 13.2 Å². The number of rotatable bonds is 19. The SMILES string of the molecule is CC(C)COCC(C)OCC(C)OCC(C)OCC(C)OCC(C)OCC(C)C. The summed E-state index contributed by atoms with van der Waals surface area (Å²) in [5.74, 6) is 1.08. The van der Waals surface area contributed by atoms with Crippen molar-refractivity contribution in [2.75, 3.05) is 46.2 Å². The number of hydrogen-bond acceptors (Lipinski definition) is 6. The van der Waals surface area contributed by atoms with Gasteiger partial charge in [-0.25, -0.2) is 0 Å². The molecule has 0 N–H and O–H groups in total. The Morgan fingerprint density at radius 3 is 0.931 bits per heavy atom. The summed E-state index contributed by atoms with van der Waals surface area (Å²) in [5.41, 5.74) is 0. The smallest absolute Gasteiger partial charge is 0.0781 e. The first-order chi connectivity index (χ1) is 13.6. The monoisotopic (exact) mass is 420 g/mol. The third-order valence-corrected chi connectivity index (χ3v) is 3.98. The lowest BCUT2D eigenvalue weighted by Gasteiger charge is -2.22. The lowest BCUT2D eigenvalue weighted by atomic mass is 10.2. The van der Waals surface area contributed by atoms with Crippen molar-refractivity contribution in [3.8, 4) is 0 Å². The van der Waals surface area contributed by atoms with Gasteiger partial charge in [0.15, 0.2) is 0 Å². The molecule has 0 aromatic heterocycles. The highest BCUT2D eigenvalue weighted by Crippen LogP contribution is 2.04. The van der Waals surface area contributed by atoms with Gasteiger partial charge in [0.1, 0.15) is 0 Å². The van der Waals surface area contributed by atoms with Crippen LogP contribution in [0.4, 0.5) is 0 Å². The molecule has 0 aliphatic carbocycles. The molecule has 0 bridgehead atoms. The molecule has 5 atom stereocenters. The predicted octanol–water partition coefficient (Wildman–Crippen LogP) is 4.34. The second-order valence-electron chi connectivity index (χ2n) is 9.04. The van der Waals surface area contributed by atoms with Gasteiger partial charge in [-0.05, 0) is 46.5 Å². The highest BCUT2D eigenvalue weighted by molar-refractivity contribution is 4.58. The van der Waals surface area contributed by atoms with E-state index in [9.17, 15) is 0 Å². The van der Waals surface area contributed by atoms with Crippen molar-refractivity contribution in [1.29, 1.82) is 0 Å². The van der Waals surface area contributed by atoms with Gasteiger partial charge in [-0.3, -0.25) is 0 Å². The lowest BCUT2D eigenvalue weighted by molar-refractivity contribution is -0.100. The molecule has 0 saturated carbocycles. The Labute approximate surface area is 179 Å². The van der Waals surface area contributed by atoms with E-state index in [1.807, 2.05) is 34.6 Å². The Bertz CT molecular complexity index is 363. The second-order valence-corrected chi connectivity index (χ2v) is 9.04. The Morgan fingerprint density at radius 1 is 0.345 bits per heavy atom. The van der Waals surface area contributed by atoms with E-state index >= 15 is 0 Å². The van der Waals surface area contributed by atoms with E-state index in [1.165, 1.54) is 0 Å². The first kappa shape index (κ1) is 28.8. The molecule has 0 rings (SSSR count). The van der Waals surface area contributed by atoms with Crippen molar-refractivity contribution in [2.24, 2.45) is 11.8 Å². The molecule has 0 saturated heterocycles. The molecule has 0 heterocycles. The minimum atomic E-state index is 0.00455. The fraction of sp³-hybridized carbons (Fsp3) is 1.00. The van der Waals surface area contributed by atoms with Gasteiger partial charge in [-0.15, -0.1) is 0 Å². The zero-order valence-corrected chi connectivity index (χ0v) is 20.4. The van der Waals surface area contributed by atoms with Crippen LogP contribution in [0, 0.1) is 11.8 Å². The molecule has 0 aromatic rings. The Balaban J connectivity index is 3.74. The fourth-order valence-corrected chi connectivity index (χ4v) is 2.27. The molecule has 0 aliphatic rings. The van der Waals surface area contributed by atoms with Gasteiger partial charge >= 0.3 is 0 Å². The average molecular weight is 421 g/mol. The minimum absolute atomic E-state index is 0.00455. The Hall–Kier alpha value is -0.240. The van der Waals surface area contributed by atoms with Gasteiger partial charge in [-0.2, -0.15) is 0 Å². The maximum Gasteiger partial charge on any atom is 0.0781 e. The van der Waals surface area contributed by atoms with Crippen LogP contribution in [-0.4, -0.2) is 76.8 Å². The van der Waals surface area contributed by atoms with Gasteiger partial charge in [0.25, 0.3) is 0 Å². The van der Waals surface area contributed by atoms with Gasteiger partial charge in [0.2, 0.25) is 0 Å². The number of hydrogen-bond donors (Lipinski definition) is 0. The van der Waals surface area contributed by atoms with Gasteiger partial charge < -0.3 is 28.4 Å². The second kappa shape index (κ2) is 17.4. The van der Waals surface area contributed by atoms with Gasteiger partial charge in [0, 0.05) is 13.2 Å². The van der Waals surface area contributed by atoms with Gasteiger partial charge in [-0.1, -0.05) is 27.7 Å². The summed E-state index contributed by atoms with van der Waals surface area (Å²) in [6.07, 6.45) is 0.208. The van der Waals surface area contributed by atoms with E-state index < -0.39 is 0 Å². The summed E-state index contributed by atoms with van der Waals surface area (Å²) < 4.78 is 34.6. The van der Waals surface area contributed by atoms with E-state index in [-0.39, 0.29) is 30.5 Å². The van der Waals surface area contributed by atoms with Crippen molar-refractivity contribution in [1.82, 2.24) is 0 Å². The Morgan fingerprint density at radius 2 is 0.621 bits per heavy atom. The highest BCUT2D eigenvalue weighted by atomic mass is 16.6. The third-order valence-electron chi connectivity index (χ3n) is 3.98. The summed E-state index contributed by atoms with van der Waals surface area (Å²) in [6.45, 7) is 23.0. The molecule has 0 radical (unpaired) electrons. The first-order valence-corrected chi connectivity index (χ1v) is 11.3. The van der Waals surface area contributed by atoms with E-state index in [2.05, 4.69) is 27.7 Å². The molecular formula is C23H48O6. The van der Waals surface area contributed by atoms with E-state index in [0.29, 0.717) is 44.9 Å².